The van der Waals surface area contributed by atoms with Gasteiger partial charge in [-0.05, 0) is 0 Å². The van der Waals surface area contributed by atoms with Crippen LogP contribution in [0.25, 0.3) is 11.2 Å². The highest BCUT2D eigenvalue weighted by Gasteiger charge is 2.45. The van der Waals surface area contributed by atoms with Gasteiger partial charge < -0.3 is 35.0 Å². The summed E-state index contributed by atoms with van der Waals surface area (Å²) in [7, 11) is -1.91. The smallest absolute Gasteiger partial charge is 0.361 e. The number of aliphatic hydroxyl groups excluding tert-OH is 2. The van der Waals surface area contributed by atoms with Gasteiger partial charge in [-0.1, -0.05) is 0 Å². The highest BCUT2D eigenvalue weighted by Crippen LogP contribution is 2.32. The molecule has 5 N–H and O–H groups in total. The highest BCUT2D eigenvalue weighted by molar-refractivity contribution is 7.32. The van der Waals surface area contributed by atoms with E-state index in [0.717, 1.165) is 0 Å². The first kappa shape index (κ1) is 20.5. The average molecular weight is 419 g/mol. The number of carbonyl (C=O) groups is 1. The van der Waals surface area contributed by atoms with Gasteiger partial charge in [0.2, 0.25) is 0 Å². The van der Waals surface area contributed by atoms with Crippen molar-refractivity contribution in [3.05, 3.63) is 12.7 Å². The third kappa shape index (κ3) is 3.98. The van der Waals surface area contributed by atoms with Gasteiger partial charge in [-0.2, -0.15) is 0 Å². The maximum absolute atomic E-state index is 11.0. The van der Waals surface area contributed by atoms with Crippen LogP contribution in [-0.2, 0) is 23.4 Å². The Bertz CT molecular complexity index is 879. The molecule has 0 aliphatic carbocycles. The van der Waals surface area contributed by atoms with E-state index in [1.54, 1.807) is 7.05 Å². The number of carboxylic acids is 1. The van der Waals surface area contributed by atoms with E-state index in [1.165, 1.54) is 17.2 Å². The van der Waals surface area contributed by atoms with Crippen molar-refractivity contribution in [2.45, 2.75) is 30.8 Å². The second kappa shape index (κ2) is 8.45. The van der Waals surface area contributed by atoms with E-state index >= 15 is 0 Å². The molecule has 6 atom stereocenters. The van der Waals surface area contributed by atoms with Crippen molar-refractivity contribution >= 4 is 31.2 Å². The Hall–Kier alpha value is -2.19. The first-order chi connectivity index (χ1) is 13.3. The third-order valence-corrected chi connectivity index (χ3v) is 4.44. The number of hydrogen-bond acceptors (Lipinski definition) is 11. The van der Waals surface area contributed by atoms with Crippen molar-refractivity contribution in [2.24, 2.45) is 0 Å². The van der Waals surface area contributed by atoms with E-state index in [0.29, 0.717) is 17.0 Å². The number of nitrogens with one attached hydrogen (secondary N) is 1. The monoisotopic (exact) mass is 419 g/mol. The van der Waals surface area contributed by atoms with Crippen molar-refractivity contribution in [3.8, 4) is 0 Å². The zero-order valence-electron chi connectivity index (χ0n) is 14.4. The Kier molecular flexibility index (Phi) is 6.20. The fourth-order valence-electron chi connectivity index (χ4n) is 2.75. The van der Waals surface area contributed by atoms with Gasteiger partial charge in [0, 0.05) is 7.05 Å². The number of carboxylic acid groups (broad SMARTS) is 1. The summed E-state index contributed by atoms with van der Waals surface area (Å²) in [6, 6.07) is 0. The van der Waals surface area contributed by atoms with Crippen molar-refractivity contribution < 1.29 is 43.6 Å². The molecule has 0 aromatic carbocycles. The van der Waals surface area contributed by atoms with Crippen molar-refractivity contribution in [1.82, 2.24) is 19.5 Å². The molecule has 2 aromatic heterocycles. The van der Waals surface area contributed by atoms with E-state index in [1.807, 2.05) is 0 Å². The van der Waals surface area contributed by atoms with E-state index in [4.69, 9.17) is 19.5 Å². The molecule has 0 saturated carbocycles. The summed E-state index contributed by atoms with van der Waals surface area (Å²) in [5.41, 5.74) is 0.755. The molecule has 2 unspecified atom stereocenters. The van der Waals surface area contributed by atoms with Crippen molar-refractivity contribution in [1.29, 1.82) is 0 Å². The minimum Gasteiger partial charge on any atom is -0.477 e. The molecule has 2 aromatic rings. The van der Waals surface area contributed by atoms with Crippen LogP contribution in [0.3, 0.4) is 0 Å². The quantitative estimate of drug-likeness (QED) is 0.240. The Labute approximate surface area is 157 Å². The van der Waals surface area contributed by atoms with E-state index < -0.39 is 51.7 Å². The van der Waals surface area contributed by atoms with Gasteiger partial charge in [-0.25, -0.2) is 19.7 Å². The molecule has 0 spiro atoms. The molecular formula is C13H18N5O9P. The predicted octanol–water partition coefficient (Wildman–Crippen LogP) is -1.69. The molecule has 0 radical (unpaired) electrons. The molecule has 1 saturated heterocycles. The summed E-state index contributed by atoms with van der Waals surface area (Å²) >= 11 is 0. The number of ether oxygens (including phenoxy) is 2. The van der Waals surface area contributed by atoms with Crippen LogP contribution in [0.15, 0.2) is 12.7 Å². The number of aliphatic carboxylic acids is 1. The number of imidazole rings is 1. The normalized spacial score (nSPS) is 27.0. The van der Waals surface area contributed by atoms with Crippen LogP contribution in [-0.4, -0.2) is 84.0 Å². The number of rotatable bonds is 8. The Morgan fingerprint density at radius 3 is 2.79 bits per heavy atom. The largest absolute Gasteiger partial charge is 0.477 e. The zero-order chi connectivity index (χ0) is 20.4. The molecule has 3 heterocycles. The lowest BCUT2D eigenvalue weighted by Gasteiger charge is -2.18. The van der Waals surface area contributed by atoms with E-state index in [2.05, 4.69) is 24.8 Å². The highest BCUT2D eigenvalue weighted by atomic mass is 31.1. The minimum absolute atomic E-state index is 0.336. The van der Waals surface area contributed by atoms with Gasteiger partial charge in [0.15, 0.2) is 17.7 Å². The van der Waals surface area contributed by atoms with Crippen molar-refractivity contribution in [2.75, 3.05) is 19.0 Å². The Balaban J connectivity index is 1.76. The van der Waals surface area contributed by atoms with Crippen LogP contribution in [0.2, 0.25) is 0 Å². The lowest BCUT2D eigenvalue weighted by Crippen LogP contribution is -2.36. The Morgan fingerprint density at radius 2 is 2.14 bits per heavy atom. The van der Waals surface area contributed by atoms with Gasteiger partial charge >= 0.3 is 14.2 Å². The number of fused-ring (bicyclic) bond motifs is 1. The molecule has 3 rings (SSSR count). The summed E-state index contributed by atoms with van der Waals surface area (Å²) in [6.07, 6.45) is -4.46. The van der Waals surface area contributed by atoms with Crippen LogP contribution in [0.1, 0.15) is 6.23 Å². The molecule has 1 aliphatic rings. The first-order valence-corrected chi connectivity index (χ1v) is 9.20. The van der Waals surface area contributed by atoms with Crippen molar-refractivity contribution in [3.63, 3.8) is 0 Å². The van der Waals surface area contributed by atoms with Gasteiger partial charge in [-0.15, -0.1) is 0 Å². The summed E-state index contributed by atoms with van der Waals surface area (Å²) in [5, 5.41) is 32.3. The second-order valence-corrected chi connectivity index (χ2v) is 6.50. The topological polar surface area (TPSA) is 198 Å². The lowest BCUT2D eigenvalue weighted by molar-refractivity contribution is -0.179. The van der Waals surface area contributed by atoms with Gasteiger partial charge in [0.25, 0.3) is 6.29 Å². The molecule has 0 bridgehead atoms. The molecule has 154 valence electrons. The van der Waals surface area contributed by atoms with Gasteiger partial charge in [-0.3, -0.25) is 13.7 Å². The molecule has 15 heteroatoms. The van der Waals surface area contributed by atoms with Crippen LogP contribution in [0.5, 0.6) is 0 Å². The number of anilines is 1. The van der Waals surface area contributed by atoms with Crippen LogP contribution in [0.4, 0.5) is 5.82 Å². The summed E-state index contributed by atoms with van der Waals surface area (Å²) < 4.78 is 26.8. The maximum atomic E-state index is 11.0. The SMILES string of the molecule is CNc1ncnc2c1ncn2[C@@H]1O[C@H](COC(O[PH](=O)O)C(=O)O)[C@@H](O)[C@H]1O. The third-order valence-electron chi connectivity index (χ3n) is 4.03. The molecule has 1 fully saturated rings. The number of aliphatic hydroxyl groups is 2. The zero-order valence-corrected chi connectivity index (χ0v) is 15.4. The molecule has 0 amide bonds. The van der Waals surface area contributed by atoms with Gasteiger partial charge in [0.05, 0.1) is 12.9 Å². The molecule has 14 nitrogen and oxygen atoms in total. The maximum Gasteiger partial charge on any atom is 0.361 e. The minimum atomic E-state index is -3.56. The van der Waals surface area contributed by atoms with Crippen LogP contribution >= 0.6 is 8.25 Å². The number of aromatic nitrogens is 4. The predicted molar refractivity (Wildman–Crippen MR) is 90.5 cm³/mol. The summed E-state index contributed by atoms with van der Waals surface area (Å²) in [4.78, 5) is 32.0. The second-order valence-electron chi connectivity index (χ2n) is 5.73. The average Bonchev–Trinajstić information content (AvgIpc) is 3.20. The number of hydrogen-bond donors (Lipinski definition) is 5. The Morgan fingerprint density at radius 1 is 1.39 bits per heavy atom. The molecule has 28 heavy (non-hydrogen) atoms. The standard InChI is InChI=1S/C13H18N5O9P/c1-14-9-6-10(16-3-15-9)18(4-17-6)11-8(20)7(19)5(26-11)2-25-13(12(21)22)27-28(23)24/h3-5,7-8,11,13,19-20,28H,2H2,1H3,(H,21,22)(H,23,24)(H,14,15,16)/t5-,7-,8-,11-,13?/m1/s1. The van der Waals surface area contributed by atoms with Crippen LogP contribution in [0, 0.1) is 0 Å². The lowest BCUT2D eigenvalue weighted by atomic mass is 10.1. The molecule has 1 aliphatic heterocycles. The first-order valence-electron chi connectivity index (χ1n) is 7.94. The summed E-state index contributed by atoms with van der Waals surface area (Å²) in [6.45, 7) is -0.524. The molecular weight excluding hydrogens is 401 g/mol. The van der Waals surface area contributed by atoms with Crippen LogP contribution < -0.4 is 5.32 Å². The fraction of sp³-hybridized carbons (Fsp3) is 0.538. The number of nitrogens with zero attached hydrogens (tertiary/aromatic N) is 4. The van der Waals surface area contributed by atoms with E-state index in [-0.39, 0.29) is 0 Å². The van der Waals surface area contributed by atoms with Gasteiger partial charge in [0.1, 0.15) is 30.2 Å². The van der Waals surface area contributed by atoms with E-state index in [9.17, 15) is 19.6 Å². The summed E-state index contributed by atoms with van der Waals surface area (Å²) in [5.74, 6) is -1.17. The fourth-order valence-corrected chi connectivity index (χ4v) is 3.10.